The number of hydrogen-bond donors (Lipinski definition) is 0. The van der Waals surface area contributed by atoms with Gasteiger partial charge in [-0.05, 0) is 49.6 Å². The van der Waals surface area contributed by atoms with Gasteiger partial charge < -0.3 is 4.90 Å². The summed E-state index contributed by atoms with van der Waals surface area (Å²) in [6.45, 7) is 3.51. The van der Waals surface area contributed by atoms with Crippen LogP contribution in [0, 0.1) is 6.92 Å². The van der Waals surface area contributed by atoms with Gasteiger partial charge in [-0.3, -0.25) is 14.2 Å². The van der Waals surface area contributed by atoms with Gasteiger partial charge in [-0.15, -0.1) is 0 Å². The molecular weight excluding hydrogens is 418 g/mol. The Morgan fingerprint density at radius 1 is 1.07 bits per heavy atom. The molecule has 156 valence electrons. The first-order valence-corrected chi connectivity index (χ1v) is 11.6. The molecule has 0 bridgehead atoms. The number of fused-ring (bicyclic) bond motifs is 1. The van der Waals surface area contributed by atoms with E-state index in [1.165, 1.54) is 24.6 Å². The Labute approximate surface area is 185 Å². The third-order valence-corrected chi connectivity index (χ3v) is 6.84. The van der Waals surface area contributed by atoms with Crippen molar-refractivity contribution in [1.29, 1.82) is 0 Å². The van der Waals surface area contributed by atoms with Gasteiger partial charge in [0.1, 0.15) is 0 Å². The Bertz CT molecular complexity index is 1140. The van der Waals surface area contributed by atoms with Crippen molar-refractivity contribution in [3.8, 4) is 5.69 Å². The summed E-state index contributed by atoms with van der Waals surface area (Å²) in [6, 6.07) is 12.8. The van der Waals surface area contributed by atoms with Gasteiger partial charge in [-0.2, -0.15) is 0 Å². The zero-order valence-electron chi connectivity index (χ0n) is 16.9. The fraction of sp³-hybridized carbons (Fsp3) is 0.348. The van der Waals surface area contributed by atoms with E-state index in [2.05, 4.69) is 0 Å². The van der Waals surface area contributed by atoms with E-state index < -0.39 is 0 Å². The molecule has 0 saturated carbocycles. The van der Waals surface area contributed by atoms with Crippen LogP contribution < -0.4 is 5.56 Å². The summed E-state index contributed by atoms with van der Waals surface area (Å²) in [5.74, 6) is 0.350. The highest BCUT2D eigenvalue weighted by atomic mass is 35.5. The average molecular weight is 442 g/mol. The van der Waals surface area contributed by atoms with E-state index in [4.69, 9.17) is 16.6 Å². The topological polar surface area (TPSA) is 55.2 Å². The molecule has 1 aliphatic heterocycles. The molecule has 5 nitrogen and oxygen atoms in total. The van der Waals surface area contributed by atoms with Crippen LogP contribution in [0.1, 0.15) is 31.2 Å². The smallest absolute Gasteiger partial charge is 0.266 e. The van der Waals surface area contributed by atoms with Gasteiger partial charge in [0.15, 0.2) is 5.16 Å². The van der Waals surface area contributed by atoms with Crippen LogP contribution >= 0.6 is 23.4 Å². The normalized spacial score (nSPS) is 14.7. The number of thioether (sulfide) groups is 1. The van der Waals surface area contributed by atoms with Gasteiger partial charge in [0, 0.05) is 18.1 Å². The summed E-state index contributed by atoms with van der Waals surface area (Å²) in [6.07, 6.45) is 4.46. The van der Waals surface area contributed by atoms with Crippen LogP contribution in [0.4, 0.5) is 0 Å². The number of para-hydroxylation sites is 1. The number of hydrogen-bond acceptors (Lipinski definition) is 4. The third-order valence-electron chi connectivity index (χ3n) is 5.51. The van der Waals surface area contributed by atoms with Crippen LogP contribution in [0.25, 0.3) is 16.6 Å². The minimum absolute atomic E-state index is 0.0960. The van der Waals surface area contributed by atoms with Crippen LogP contribution in [0.5, 0.6) is 0 Å². The maximum absolute atomic E-state index is 13.4. The molecule has 1 amide bonds. The molecule has 1 aliphatic rings. The van der Waals surface area contributed by atoms with Gasteiger partial charge in [0.2, 0.25) is 5.91 Å². The zero-order valence-corrected chi connectivity index (χ0v) is 18.5. The highest BCUT2D eigenvalue weighted by Gasteiger charge is 2.19. The molecule has 0 atom stereocenters. The highest BCUT2D eigenvalue weighted by molar-refractivity contribution is 7.99. The van der Waals surface area contributed by atoms with Crippen molar-refractivity contribution in [3.05, 3.63) is 63.4 Å². The molecule has 30 heavy (non-hydrogen) atoms. The second-order valence-corrected chi connectivity index (χ2v) is 8.87. The second kappa shape index (κ2) is 9.23. The Hall–Kier alpha value is -2.31. The monoisotopic (exact) mass is 441 g/mol. The van der Waals surface area contributed by atoms with Crippen molar-refractivity contribution in [1.82, 2.24) is 14.5 Å². The predicted octanol–water partition coefficient (Wildman–Crippen LogP) is 4.84. The van der Waals surface area contributed by atoms with Crippen molar-refractivity contribution >= 4 is 40.2 Å². The maximum Gasteiger partial charge on any atom is 0.266 e. The van der Waals surface area contributed by atoms with Gasteiger partial charge >= 0.3 is 0 Å². The minimum atomic E-state index is -0.157. The SMILES string of the molecule is Cc1c(Cl)cccc1-n1c(SCC(=O)N2CCCCCC2)nc2ccccc2c1=O. The Morgan fingerprint density at radius 2 is 1.80 bits per heavy atom. The van der Waals surface area contributed by atoms with Crippen molar-refractivity contribution < 1.29 is 4.79 Å². The molecule has 1 fully saturated rings. The molecule has 2 heterocycles. The fourth-order valence-electron chi connectivity index (χ4n) is 3.80. The van der Waals surface area contributed by atoms with Crippen molar-refractivity contribution in [2.75, 3.05) is 18.8 Å². The number of rotatable bonds is 4. The number of carbonyl (C=O) groups is 1. The molecule has 0 unspecified atom stereocenters. The zero-order chi connectivity index (χ0) is 21.1. The largest absolute Gasteiger partial charge is 0.342 e. The summed E-state index contributed by atoms with van der Waals surface area (Å²) in [5.41, 5.74) is 1.97. The van der Waals surface area contributed by atoms with Crippen LogP contribution in [0.2, 0.25) is 5.02 Å². The summed E-state index contributed by atoms with van der Waals surface area (Å²) < 4.78 is 1.59. The average Bonchev–Trinajstić information content (AvgIpc) is 3.04. The Balaban J connectivity index is 1.73. The standard InChI is InChI=1S/C23H24ClN3O2S/c1-16-18(24)10-8-12-20(16)27-22(29)17-9-4-5-11-19(17)25-23(27)30-15-21(28)26-13-6-2-3-7-14-26/h4-5,8-12H,2-3,6-7,13-15H2,1H3. The third kappa shape index (κ3) is 4.25. The van der Waals surface area contributed by atoms with Crippen LogP contribution in [-0.4, -0.2) is 39.2 Å². The van der Waals surface area contributed by atoms with Crippen molar-refractivity contribution in [3.63, 3.8) is 0 Å². The maximum atomic E-state index is 13.4. The van der Waals surface area contributed by atoms with E-state index in [9.17, 15) is 9.59 Å². The van der Waals surface area contributed by atoms with Crippen LogP contribution in [0.3, 0.4) is 0 Å². The first kappa shape index (κ1) is 20.9. The van der Waals surface area contributed by atoms with E-state index in [1.54, 1.807) is 16.7 Å². The van der Waals surface area contributed by atoms with Gasteiger partial charge in [-0.25, -0.2) is 4.98 Å². The molecular formula is C23H24ClN3O2S. The summed E-state index contributed by atoms with van der Waals surface area (Å²) in [5, 5.41) is 1.64. The van der Waals surface area contributed by atoms with E-state index in [1.807, 2.05) is 42.2 Å². The van der Waals surface area contributed by atoms with Gasteiger partial charge in [0.05, 0.1) is 22.3 Å². The summed E-state index contributed by atoms with van der Waals surface area (Å²) in [4.78, 5) is 32.9. The lowest BCUT2D eigenvalue weighted by Gasteiger charge is -2.20. The molecule has 7 heteroatoms. The predicted molar refractivity (Wildman–Crippen MR) is 123 cm³/mol. The molecule has 4 rings (SSSR count). The molecule has 2 aromatic carbocycles. The van der Waals surface area contributed by atoms with Crippen molar-refractivity contribution in [2.24, 2.45) is 0 Å². The van der Waals surface area contributed by atoms with Crippen molar-refractivity contribution in [2.45, 2.75) is 37.8 Å². The van der Waals surface area contributed by atoms with E-state index in [0.717, 1.165) is 31.5 Å². The number of amides is 1. The Morgan fingerprint density at radius 3 is 2.57 bits per heavy atom. The number of nitrogens with zero attached hydrogens (tertiary/aromatic N) is 3. The lowest BCUT2D eigenvalue weighted by atomic mass is 10.2. The number of likely N-dealkylation sites (tertiary alicyclic amines) is 1. The summed E-state index contributed by atoms with van der Waals surface area (Å²) >= 11 is 7.64. The highest BCUT2D eigenvalue weighted by Crippen LogP contribution is 2.27. The number of halogens is 1. The Kier molecular flexibility index (Phi) is 6.44. The molecule has 3 aromatic rings. The van der Waals surface area contributed by atoms with E-state index in [0.29, 0.717) is 26.8 Å². The van der Waals surface area contributed by atoms with E-state index >= 15 is 0 Å². The second-order valence-electron chi connectivity index (χ2n) is 7.52. The summed E-state index contributed by atoms with van der Waals surface area (Å²) in [7, 11) is 0. The number of aromatic nitrogens is 2. The molecule has 1 saturated heterocycles. The van der Waals surface area contributed by atoms with Crippen LogP contribution in [-0.2, 0) is 4.79 Å². The number of benzene rings is 2. The van der Waals surface area contributed by atoms with Gasteiger partial charge in [0.25, 0.3) is 5.56 Å². The van der Waals surface area contributed by atoms with E-state index in [-0.39, 0.29) is 17.2 Å². The minimum Gasteiger partial charge on any atom is -0.342 e. The molecule has 0 aliphatic carbocycles. The molecule has 1 aromatic heterocycles. The first-order valence-electron chi connectivity index (χ1n) is 10.2. The lowest BCUT2D eigenvalue weighted by molar-refractivity contribution is -0.128. The quantitative estimate of drug-likeness (QED) is 0.429. The fourth-order valence-corrected chi connectivity index (χ4v) is 4.88. The number of carbonyl (C=O) groups excluding carboxylic acids is 1. The molecule has 0 spiro atoms. The lowest BCUT2D eigenvalue weighted by Crippen LogP contribution is -2.33. The molecule has 0 N–H and O–H groups in total. The van der Waals surface area contributed by atoms with Crippen LogP contribution in [0.15, 0.2) is 52.4 Å². The van der Waals surface area contributed by atoms with Gasteiger partial charge in [-0.1, -0.05) is 54.4 Å². The molecule has 0 radical (unpaired) electrons. The first-order chi connectivity index (χ1) is 14.6.